The molecule has 1 amide bonds. The van der Waals surface area contributed by atoms with E-state index in [0.717, 1.165) is 12.8 Å². The fourth-order valence-corrected chi connectivity index (χ4v) is 2.71. The minimum atomic E-state index is -0.311. The summed E-state index contributed by atoms with van der Waals surface area (Å²) in [6.07, 6.45) is 7.93. The van der Waals surface area contributed by atoms with Gasteiger partial charge in [-0.1, -0.05) is 42.5 Å². The zero-order valence-electron chi connectivity index (χ0n) is 10.5. The molecule has 1 saturated carbocycles. The second kappa shape index (κ2) is 6.92. The first-order valence-electron chi connectivity index (χ1n) is 6.45. The number of rotatable bonds is 3. The van der Waals surface area contributed by atoms with E-state index in [2.05, 4.69) is 10.5 Å². The van der Waals surface area contributed by atoms with Crippen molar-refractivity contribution >= 4 is 35.3 Å². The Morgan fingerprint density at radius 2 is 2.00 bits per heavy atom. The monoisotopic (exact) mass is 298 g/mol. The molecule has 102 valence electrons. The van der Waals surface area contributed by atoms with Gasteiger partial charge >= 0.3 is 0 Å². The lowest BCUT2D eigenvalue weighted by atomic mass is 9.90. The third-order valence-corrected chi connectivity index (χ3v) is 3.82. The van der Waals surface area contributed by atoms with Gasteiger partial charge < -0.3 is 0 Å². The third-order valence-electron chi connectivity index (χ3n) is 3.28. The number of benzene rings is 1. The Balaban J connectivity index is 1.91. The number of carbonyl (C=O) groups excluding carboxylic acids is 1. The lowest BCUT2D eigenvalue weighted by Crippen LogP contribution is -2.19. The van der Waals surface area contributed by atoms with Gasteiger partial charge in [-0.05, 0) is 37.0 Å². The SMILES string of the molecule is O=C(NN=CC1CCCCC1)c1ccc(Cl)cc1Cl. The van der Waals surface area contributed by atoms with Crippen LogP contribution in [0.25, 0.3) is 0 Å². The quantitative estimate of drug-likeness (QED) is 0.656. The molecule has 0 unspecified atom stereocenters. The molecular weight excluding hydrogens is 283 g/mol. The summed E-state index contributed by atoms with van der Waals surface area (Å²) in [7, 11) is 0. The minimum absolute atomic E-state index is 0.311. The first-order valence-corrected chi connectivity index (χ1v) is 7.21. The molecule has 1 aromatic carbocycles. The number of carbonyl (C=O) groups is 1. The second-order valence-corrected chi connectivity index (χ2v) is 5.58. The Kier molecular flexibility index (Phi) is 5.23. The van der Waals surface area contributed by atoms with Crippen LogP contribution in [0.5, 0.6) is 0 Å². The van der Waals surface area contributed by atoms with Crippen molar-refractivity contribution in [1.82, 2.24) is 5.43 Å². The third kappa shape index (κ3) is 4.22. The summed E-state index contributed by atoms with van der Waals surface area (Å²) in [4.78, 5) is 11.9. The highest BCUT2D eigenvalue weighted by atomic mass is 35.5. The number of halogens is 2. The molecule has 0 heterocycles. The van der Waals surface area contributed by atoms with E-state index in [1.807, 2.05) is 6.21 Å². The smallest absolute Gasteiger partial charge is 0.267 e. The zero-order valence-corrected chi connectivity index (χ0v) is 12.0. The van der Waals surface area contributed by atoms with Crippen molar-refractivity contribution in [3.63, 3.8) is 0 Å². The van der Waals surface area contributed by atoms with E-state index < -0.39 is 0 Å². The fourth-order valence-electron chi connectivity index (χ4n) is 2.22. The molecule has 1 aliphatic rings. The van der Waals surface area contributed by atoms with Crippen LogP contribution in [0, 0.1) is 5.92 Å². The Morgan fingerprint density at radius 1 is 1.26 bits per heavy atom. The van der Waals surface area contributed by atoms with Crippen molar-refractivity contribution in [2.24, 2.45) is 11.0 Å². The molecule has 19 heavy (non-hydrogen) atoms. The van der Waals surface area contributed by atoms with Crippen LogP contribution in [0.15, 0.2) is 23.3 Å². The fraction of sp³-hybridized carbons (Fsp3) is 0.429. The maximum atomic E-state index is 11.9. The summed E-state index contributed by atoms with van der Waals surface area (Å²) >= 11 is 11.7. The van der Waals surface area contributed by atoms with Gasteiger partial charge in [0.25, 0.3) is 5.91 Å². The highest BCUT2D eigenvalue weighted by Gasteiger charge is 2.12. The van der Waals surface area contributed by atoms with Crippen LogP contribution in [0.2, 0.25) is 10.0 Å². The summed E-state index contributed by atoms with van der Waals surface area (Å²) in [5.74, 6) is 0.170. The van der Waals surface area contributed by atoms with E-state index in [1.54, 1.807) is 18.2 Å². The zero-order chi connectivity index (χ0) is 13.7. The first kappa shape index (κ1) is 14.4. The van der Waals surface area contributed by atoms with Gasteiger partial charge in [0, 0.05) is 11.2 Å². The molecule has 0 spiro atoms. The highest BCUT2D eigenvalue weighted by Crippen LogP contribution is 2.22. The van der Waals surface area contributed by atoms with E-state index in [9.17, 15) is 4.79 Å². The predicted octanol–water partition coefficient (Wildman–Crippen LogP) is 4.29. The van der Waals surface area contributed by atoms with Crippen molar-refractivity contribution in [2.75, 3.05) is 0 Å². The number of hydrogen-bond donors (Lipinski definition) is 1. The molecule has 0 saturated heterocycles. The van der Waals surface area contributed by atoms with Gasteiger partial charge in [-0.3, -0.25) is 4.79 Å². The molecule has 0 bridgehead atoms. The topological polar surface area (TPSA) is 41.5 Å². The van der Waals surface area contributed by atoms with Crippen LogP contribution in [0.1, 0.15) is 42.5 Å². The Morgan fingerprint density at radius 3 is 2.68 bits per heavy atom. The Hall–Kier alpha value is -1.06. The van der Waals surface area contributed by atoms with Gasteiger partial charge in [0.2, 0.25) is 0 Å². The molecule has 0 atom stereocenters. The Bertz CT molecular complexity index is 482. The maximum absolute atomic E-state index is 11.9. The van der Waals surface area contributed by atoms with E-state index >= 15 is 0 Å². The molecule has 0 aromatic heterocycles. The maximum Gasteiger partial charge on any atom is 0.272 e. The van der Waals surface area contributed by atoms with Gasteiger partial charge in [0.1, 0.15) is 0 Å². The molecule has 1 aliphatic carbocycles. The van der Waals surface area contributed by atoms with Gasteiger partial charge in [0.15, 0.2) is 0 Å². The molecule has 2 rings (SSSR count). The lowest BCUT2D eigenvalue weighted by Gasteiger charge is -2.16. The van der Waals surface area contributed by atoms with Gasteiger partial charge in [-0.15, -0.1) is 0 Å². The van der Waals surface area contributed by atoms with Crippen LogP contribution in [-0.2, 0) is 0 Å². The number of hydrazone groups is 1. The van der Waals surface area contributed by atoms with Crippen molar-refractivity contribution < 1.29 is 4.79 Å². The first-order chi connectivity index (χ1) is 9.16. The van der Waals surface area contributed by atoms with E-state index in [0.29, 0.717) is 21.5 Å². The lowest BCUT2D eigenvalue weighted by molar-refractivity contribution is 0.0955. The average Bonchev–Trinajstić information content (AvgIpc) is 2.39. The summed E-state index contributed by atoms with van der Waals surface area (Å²) in [5.41, 5.74) is 2.89. The molecule has 0 aliphatic heterocycles. The molecule has 1 fully saturated rings. The van der Waals surface area contributed by atoms with Crippen LogP contribution >= 0.6 is 23.2 Å². The van der Waals surface area contributed by atoms with Gasteiger partial charge in [0.05, 0.1) is 10.6 Å². The van der Waals surface area contributed by atoms with Gasteiger partial charge in [-0.2, -0.15) is 5.10 Å². The summed E-state index contributed by atoms with van der Waals surface area (Å²) in [6, 6.07) is 4.77. The second-order valence-electron chi connectivity index (χ2n) is 4.74. The van der Waals surface area contributed by atoms with Crippen molar-refractivity contribution in [2.45, 2.75) is 32.1 Å². The number of hydrogen-bond acceptors (Lipinski definition) is 2. The van der Waals surface area contributed by atoms with Crippen LogP contribution in [0.4, 0.5) is 0 Å². The number of amides is 1. The van der Waals surface area contributed by atoms with Crippen molar-refractivity contribution in [3.05, 3.63) is 33.8 Å². The highest BCUT2D eigenvalue weighted by molar-refractivity contribution is 6.36. The van der Waals surface area contributed by atoms with Crippen LogP contribution in [0.3, 0.4) is 0 Å². The summed E-state index contributed by atoms with van der Waals surface area (Å²) < 4.78 is 0. The Labute approximate surface area is 123 Å². The van der Waals surface area contributed by atoms with Crippen LogP contribution < -0.4 is 5.43 Å². The van der Waals surface area contributed by atoms with Crippen molar-refractivity contribution in [3.8, 4) is 0 Å². The van der Waals surface area contributed by atoms with Crippen molar-refractivity contribution in [1.29, 1.82) is 0 Å². The largest absolute Gasteiger partial charge is 0.272 e. The van der Waals surface area contributed by atoms with E-state index in [1.165, 1.54) is 19.3 Å². The number of nitrogens with zero attached hydrogens (tertiary/aromatic N) is 1. The molecule has 1 N–H and O–H groups in total. The van der Waals surface area contributed by atoms with E-state index in [-0.39, 0.29) is 5.91 Å². The number of nitrogens with one attached hydrogen (secondary N) is 1. The average molecular weight is 299 g/mol. The molecule has 1 aromatic rings. The molecule has 3 nitrogen and oxygen atoms in total. The standard InChI is InChI=1S/C14H16Cl2N2O/c15-11-6-7-12(13(16)8-11)14(19)18-17-9-10-4-2-1-3-5-10/h6-10H,1-5H2,(H,18,19). The predicted molar refractivity (Wildman–Crippen MR) is 79.0 cm³/mol. The summed E-state index contributed by atoms with van der Waals surface area (Å²) in [5, 5.41) is 4.86. The molecule has 5 heteroatoms. The van der Waals surface area contributed by atoms with Crippen LogP contribution in [-0.4, -0.2) is 12.1 Å². The normalized spacial score (nSPS) is 16.7. The van der Waals surface area contributed by atoms with E-state index in [4.69, 9.17) is 23.2 Å². The summed E-state index contributed by atoms with van der Waals surface area (Å²) in [6.45, 7) is 0. The molecular formula is C14H16Cl2N2O. The minimum Gasteiger partial charge on any atom is -0.267 e. The molecule has 0 radical (unpaired) electrons. The van der Waals surface area contributed by atoms with Gasteiger partial charge in [-0.25, -0.2) is 5.43 Å².